The van der Waals surface area contributed by atoms with Crippen LogP contribution in [0.4, 0.5) is 0 Å². The first-order valence-corrected chi connectivity index (χ1v) is 11.6. The standard InChI is InChI=1S/C26H40O3/c1-2-3-4-5-6-7-8-9-10-11-12-13-14-15-19-22-26(28)29-23-25(27)24-20-17-16-18-21-24/h6-7,16-18,20-21H,2-5,8-15,19,22-23H2,1H3. The molecule has 0 aromatic heterocycles. The van der Waals surface area contributed by atoms with Crippen LogP contribution in [0.15, 0.2) is 42.5 Å². The van der Waals surface area contributed by atoms with Crippen molar-refractivity contribution < 1.29 is 14.3 Å². The maximum absolute atomic E-state index is 11.9. The van der Waals surface area contributed by atoms with Crippen molar-refractivity contribution in [3.05, 3.63) is 48.0 Å². The predicted molar refractivity (Wildman–Crippen MR) is 121 cm³/mol. The van der Waals surface area contributed by atoms with Gasteiger partial charge in [0.15, 0.2) is 12.4 Å². The first kappa shape index (κ1) is 25.1. The third kappa shape index (κ3) is 14.7. The molecular weight excluding hydrogens is 360 g/mol. The van der Waals surface area contributed by atoms with Gasteiger partial charge in [0, 0.05) is 12.0 Å². The summed E-state index contributed by atoms with van der Waals surface area (Å²) in [7, 11) is 0. The van der Waals surface area contributed by atoms with Gasteiger partial charge in [-0.05, 0) is 32.1 Å². The van der Waals surface area contributed by atoms with Crippen LogP contribution < -0.4 is 0 Å². The van der Waals surface area contributed by atoms with Gasteiger partial charge in [-0.1, -0.05) is 101 Å². The predicted octanol–water partition coefficient (Wildman–Crippen LogP) is 7.45. The highest BCUT2D eigenvalue weighted by atomic mass is 16.5. The fraction of sp³-hybridized carbons (Fsp3) is 0.615. The molecule has 1 rings (SSSR count). The van der Waals surface area contributed by atoms with Gasteiger partial charge in [0.2, 0.25) is 0 Å². The number of carbonyl (C=O) groups is 2. The van der Waals surface area contributed by atoms with Crippen LogP contribution in [0.2, 0.25) is 0 Å². The third-order valence-electron chi connectivity index (χ3n) is 5.10. The Morgan fingerprint density at radius 2 is 1.31 bits per heavy atom. The van der Waals surface area contributed by atoms with E-state index in [4.69, 9.17) is 4.74 Å². The van der Waals surface area contributed by atoms with E-state index in [-0.39, 0.29) is 18.4 Å². The van der Waals surface area contributed by atoms with Gasteiger partial charge >= 0.3 is 5.97 Å². The summed E-state index contributed by atoms with van der Waals surface area (Å²) < 4.78 is 5.08. The van der Waals surface area contributed by atoms with Gasteiger partial charge in [-0.2, -0.15) is 0 Å². The van der Waals surface area contributed by atoms with E-state index in [0.29, 0.717) is 12.0 Å². The Kier molecular flexibility index (Phi) is 15.7. The van der Waals surface area contributed by atoms with Gasteiger partial charge in [0.25, 0.3) is 0 Å². The summed E-state index contributed by atoms with van der Waals surface area (Å²) in [6, 6.07) is 8.95. The molecule has 0 heterocycles. The minimum Gasteiger partial charge on any atom is -0.457 e. The summed E-state index contributed by atoms with van der Waals surface area (Å²) in [4.78, 5) is 23.6. The minimum absolute atomic E-state index is 0.147. The van der Waals surface area contributed by atoms with Crippen LogP contribution in [-0.2, 0) is 9.53 Å². The van der Waals surface area contributed by atoms with Crippen LogP contribution in [0.25, 0.3) is 0 Å². The Morgan fingerprint density at radius 3 is 1.93 bits per heavy atom. The third-order valence-corrected chi connectivity index (χ3v) is 5.10. The molecule has 0 unspecified atom stereocenters. The van der Waals surface area contributed by atoms with Crippen molar-refractivity contribution in [3.8, 4) is 0 Å². The van der Waals surface area contributed by atoms with Crippen molar-refractivity contribution in [1.82, 2.24) is 0 Å². The van der Waals surface area contributed by atoms with Crippen molar-refractivity contribution in [3.63, 3.8) is 0 Å². The van der Waals surface area contributed by atoms with E-state index in [9.17, 15) is 9.59 Å². The number of Topliss-reactive ketones (excluding diaryl/α,β-unsaturated/α-hetero) is 1. The fourth-order valence-electron chi connectivity index (χ4n) is 3.27. The number of carbonyl (C=O) groups excluding carboxylic acids is 2. The van der Waals surface area contributed by atoms with Crippen LogP contribution in [0, 0.1) is 0 Å². The van der Waals surface area contributed by atoms with E-state index < -0.39 is 0 Å². The molecule has 0 radical (unpaired) electrons. The molecule has 1 aromatic rings. The Balaban J connectivity index is 1.85. The number of hydrogen-bond acceptors (Lipinski definition) is 3. The Morgan fingerprint density at radius 1 is 0.759 bits per heavy atom. The SMILES string of the molecule is CCCCCC=CCCCCCCCCCCC(=O)OCC(=O)c1ccccc1. The van der Waals surface area contributed by atoms with Gasteiger partial charge in [-0.15, -0.1) is 0 Å². The highest BCUT2D eigenvalue weighted by molar-refractivity contribution is 5.97. The van der Waals surface area contributed by atoms with E-state index >= 15 is 0 Å². The molecule has 0 spiro atoms. The van der Waals surface area contributed by atoms with Gasteiger partial charge in [0.1, 0.15) is 0 Å². The zero-order valence-electron chi connectivity index (χ0n) is 18.4. The molecule has 162 valence electrons. The molecule has 0 saturated heterocycles. The molecule has 0 atom stereocenters. The zero-order chi connectivity index (χ0) is 21.0. The van der Waals surface area contributed by atoms with Crippen LogP contribution in [0.5, 0.6) is 0 Å². The first-order valence-electron chi connectivity index (χ1n) is 11.6. The second kappa shape index (κ2) is 18.1. The summed E-state index contributed by atoms with van der Waals surface area (Å²) in [5.74, 6) is -0.414. The largest absolute Gasteiger partial charge is 0.457 e. The molecule has 0 fully saturated rings. The van der Waals surface area contributed by atoms with Crippen molar-refractivity contribution >= 4 is 11.8 Å². The topological polar surface area (TPSA) is 43.4 Å². The molecule has 0 aliphatic heterocycles. The lowest BCUT2D eigenvalue weighted by atomic mass is 10.1. The number of ether oxygens (including phenoxy) is 1. The van der Waals surface area contributed by atoms with Crippen molar-refractivity contribution in [1.29, 1.82) is 0 Å². The average molecular weight is 401 g/mol. The second-order valence-corrected chi connectivity index (χ2v) is 7.78. The Hall–Kier alpha value is -1.90. The molecule has 3 heteroatoms. The lowest BCUT2D eigenvalue weighted by Gasteiger charge is -2.05. The van der Waals surface area contributed by atoms with Gasteiger partial charge in [0.05, 0.1) is 0 Å². The molecular formula is C26H40O3. The molecule has 0 aliphatic rings. The lowest BCUT2D eigenvalue weighted by molar-refractivity contribution is -0.142. The molecule has 0 aliphatic carbocycles. The quantitative estimate of drug-likeness (QED) is 0.111. The normalized spacial score (nSPS) is 11.1. The summed E-state index contributed by atoms with van der Waals surface area (Å²) in [5.41, 5.74) is 0.586. The summed E-state index contributed by atoms with van der Waals surface area (Å²) in [6.45, 7) is 2.09. The van der Waals surface area contributed by atoms with Crippen molar-refractivity contribution in [2.45, 2.75) is 96.8 Å². The fourth-order valence-corrected chi connectivity index (χ4v) is 3.27. The van der Waals surface area contributed by atoms with Crippen LogP contribution in [-0.4, -0.2) is 18.4 Å². The lowest BCUT2D eigenvalue weighted by Crippen LogP contribution is -2.13. The molecule has 0 N–H and O–H groups in total. The summed E-state index contributed by atoms with van der Waals surface area (Å²) in [5, 5.41) is 0. The maximum Gasteiger partial charge on any atom is 0.306 e. The van der Waals surface area contributed by atoms with Crippen LogP contribution in [0.3, 0.4) is 0 Å². The number of benzene rings is 1. The van der Waals surface area contributed by atoms with Crippen molar-refractivity contribution in [2.24, 2.45) is 0 Å². The molecule has 1 aromatic carbocycles. The summed E-state index contributed by atoms with van der Waals surface area (Å²) >= 11 is 0. The van der Waals surface area contributed by atoms with E-state index in [1.54, 1.807) is 12.1 Å². The van der Waals surface area contributed by atoms with E-state index in [1.807, 2.05) is 18.2 Å². The van der Waals surface area contributed by atoms with Crippen molar-refractivity contribution in [2.75, 3.05) is 6.61 Å². The molecule has 29 heavy (non-hydrogen) atoms. The smallest absolute Gasteiger partial charge is 0.306 e. The number of ketones is 1. The van der Waals surface area contributed by atoms with Crippen LogP contribution >= 0.6 is 0 Å². The molecule has 0 bridgehead atoms. The van der Waals surface area contributed by atoms with Crippen LogP contribution in [0.1, 0.15) is 107 Å². The number of allylic oxidation sites excluding steroid dienone is 2. The molecule has 3 nitrogen and oxygen atoms in total. The van der Waals surface area contributed by atoms with Gasteiger partial charge < -0.3 is 4.74 Å². The molecule has 0 saturated carbocycles. The van der Waals surface area contributed by atoms with E-state index in [2.05, 4.69) is 19.1 Å². The van der Waals surface area contributed by atoms with E-state index in [1.165, 1.54) is 70.6 Å². The van der Waals surface area contributed by atoms with Gasteiger partial charge in [-0.25, -0.2) is 0 Å². The average Bonchev–Trinajstić information content (AvgIpc) is 2.75. The van der Waals surface area contributed by atoms with Gasteiger partial charge in [-0.3, -0.25) is 9.59 Å². The molecule has 0 amide bonds. The second-order valence-electron chi connectivity index (χ2n) is 7.78. The first-order chi connectivity index (χ1) is 14.2. The highest BCUT2D eigenvalue weighted by Gasteiger charge is 2.09. The van der Waals surface area contributed by atoms with E-state index in [0.717, 1.165) is 12.8 Å². The maximum atomic E-state index is 11.9. The Bertz CT molecular complexity index is 563. The number of hydrogen-bond donors (Lipinski definition) is 0. The number of rotatable bonds is 18. The summed E-state index contributed by atoms with van der Waals surface area (Å²) in [6.07, 6.45) is 21.1. The monoisotopic (exact) mass is 400 g/mol. The number of unbranched alkanes of at least 4 members (excludes halogenated alkanes) is 11. The minimum atomic E-state index is -0.267. The Labute approximate surface area is 177 Å². The zero-order valence-corrected chi connectivity index (χ0v) is 18.4. The highest BCUT2D eigenvalue weighted by Crippen LogP contribution is 2.11. The number of esters is 1.